The van der Waals surface area contributed by atoms with Gasteiger partial charge in [-0.05, 0) is 45.0 Å². The lowest BCUT2D eigenvalue weighted by Crippen LogP contribution is -2.20. The summed E-state index contributed by atoms with van der Waals surface area (Å²) in [7, 11) is 2.01. The molecule has 0 saturated carbocycles. The van der Waals surface area contributed by atoms with Crippen molar-refractivity contribution in [3.63, 3.8) is 0 Å². The minimum Gasteiger partial charge on any atom is -0.320 e. The summed E-state index contributed by atoms with van der Waals surface area (Å²) in [5.74, 6) is 0. The van der Waals surface area contributed by atoms with E-state index in [9.17, 15) is 0 Å². The van der Waals surface area contributed by atoms with Crippen LogP contribution in [0.25, 0.3) is 0 Å². The Kier molecular flexibility index (Phi) is 8.40. The number of hydrogen-bond acceptors (Lipinski definition) is 1. The van der Waals surface area contributed by atoms with Crippen molar-refractivity contribution in [2.24, 2.45) is 5.41 Å². The van der Waals surface area contributed by atoms with Crippen LogP contribution in [0.15, 0.2) is 47.6 Å². The summed E-state index contributed by atoms with van der Waals surface area (Å²) in [6.45, 7) is 11.5. The Labute approximate surface area is 113 Å². The van der Waals surface area contributed by atoms with E-state index in [2.05, 4.69) is 55.6 Å². The predicted molar refractivity (Wildman–Crippen MR) is 83.8 cm³/mol. The van der Waals surface area contributed by atoms with Gasteiger partial charge in [0, 0.05) is 5.41 Å². The fraction of sp³-hybridized carbons (Fsp3) is 0.529. The highest BCUT2D eigenvalue weighted by Crippen LogP contribution is 2.42. The van der Waals surface area contributed by atoms with E-state index >= 15 is 0 Å². The minimum absolute atomic E-state index is 0.200. The lowest BCUT2D eigenvalue weighted by atomic mass is 9.80. The molecule has 1 N–H and O–H groups in total. The Hall–Kier alpha value is -1.08. The number of hydrogen-bond donors (Lipinski definition) is 1. The molecule has 0 aromatic heterocycles. The molecule has 0 amide bonds. The molecule has 0 bridgehead atoms. The summed E-state index contributed by atoms with van der Waals surface area (Å²) < 4.78 is 0. The Morgan fingerprint density at radius 2 is 1.94 bits per heavy atom. The smallest absolute Gasteiger partial charge is 0.0122 e. The van der Waals surface area contributed by atoms with Crippen molar-refractivity contribution in [2.45, 2.75) is 41.0 Å². The number of nitrogens with one attached hydrogen (secondary N) is 1. The molecule has 1 atom stereocenters. The fourth-order valence-electron chi connectivity index (χ4n) is 2.23. The van der Waals surface area contributed by atoms with E-state index in [1.165, 1.54) is 11.1 Å². The third kappa shape index (κ3) is 4.30. The Balaban J connectivity index is 0.00000137. The predicted octanol–water partition coefficient (Wildman–Crippen LogP) is 4.65. The second-order valence-electron chi connectivity index (χ2n) is 4.45. The maximum absolute atomic E-state index is 3.23. The Bertz CT molecular complexity index is 345. The van der Waals surface area contributed by atoms with Crippen LogP contribution in [0.5, 0.6) is 0 Å². The van der Waals surface area contributed by atoms with Gasteiger partial charge < -0.3 is 5.32 Å². The van der Waals surface area contributed by atoms with Gasteiger partial charge in [0.15, 0.2) is 0 Å². The maximum Gasteiger partial charge on any atom is 0.0122 e. The summed E-state index contributed by atoms with van der Waals surface area (Å²) >= 11 is 0. The molecule has 0 heterocycles. The maximum atomic E-state index is 3.23. The average molecular weight is 247 g/mol. The van der Waals surface area contributed by atoms with E-state index in [0.717, 1.165) is 13.0 Å². The van der Waals surface area contributed by atoms with Gasteiger partial charge in [0.2, 0.25) is 0 Å². The molecule has 1 heteroatoms. The molecule has 0 aromatic rings. The van der Waals surface area contributed by atoms with Gasteiger partial charge in [0.05, 0.1) is 0 Å². The first-order valence-electron chi connectivity index (χ1n) is 7.02. The summed E-state index contributed by atoms with van der Waals surface area (Å²) in [5, 5.41) is 3.23. The quantitative estimate of drug-likeness (QED) is 0.762. The van der Waals surface area contributed by atoms with Gasteiger partial charge in [-0.1, -0.05) is 57.2 Å². The molecule has 1 rings (SSSR count). The molecular formula is C17H29N. The van der Waals surface area contributed by atoms with Crippen LogP contribution in [0.2, 0.25) is 0 Å². The molecule has 1 aliphatic rings. The van der Waals surface area contributed by atoms with Crippen LogP contribution in [0.3, 0.4) is 0 Å². The summed E-state index contributed by atoms with van der Waals surface area (Å²) in [4.78, 5) is 0. The molecule has 0 radical (unpaired) electrons. The van der Waals surface area contributed by atoms with Crippen LogP contribution in [0.1, 0.15) is 41.0 Å². The Morgan fingerprint density at radius 3 is 2.44 bits per heavy atom. The summed E-state index contributed by atoms with van der Waals surface area (Å²) in [5.41, 5.74) is 2.99. The lowest BCUT2D eigenvalue weighted by molar-refractivity contribution is 0.473. The van der Waals surface area contributed by atoms with Crippen molar-refractivity contribution >= 4 is 0 Å². The monoisotopic (exact) mass is 247 g/mol. The fourth-order valence-corrected chi connectivity index (χ4v) is 2.23. The van der Waals surface area contributed by atoms with E-state index in [1.54, 1.807) is 0 Å². The van der Waals surface area contributed by atoms with E-state index in [1.807, 2.05) is 27.8 Å². The highest BCUT2D eigenvalue weighted by Gasteiger charge is 2.30. The summed E-state index contributed by atoms with van der Waals surface area (Å²) in [6, 6.07) is 0. The van der Waals surface area contributed by atoms with Crippen LogP contribution in [0.4, 0.5) is 0 Å². The van der Waals surface area contributed by atoms with Crippen molar-refractivity contribution in [3.8, 4) is 0 Å². The van der Waals surface area contributed by atoms with Gasteiger partial charge in [0.1, 0.15) is 0 Å². The lowest BCUT2D eigenvalue weighted by Gasteiger charge is -2.25. The normalized spacial score (nSPS) is 27.0. The topological polar surface area (TPSA) is 12.0 Å². The van der Waals surface area contributed by atoms with Crippen molar-refractivity contribution in [3.05, 3.63) is 47.6 Å². The van der Waals surface area contributed by atoms with E-state index in [4.69, 9.17) is 0 Å². The second kappa shape index (κ2) is 8.93. The largest absolute Gasteiger partial charge is 0.320 e. The molecule has 1 aliphatic carbocycles. The third-order valence-electron chi connectivity index (χ3n) is 3.21. The van der Waals surface area contributed by atoms with Gasteiger partial charge in [-0.25, -0.2) is 0 Å². The molecule has 0 aromatic carbocycles. The molecule has 18 heavy (non-hydrogen) atoms. The molecule has 1 nitrogen and oxygen atoms in total. The Morgan fingerprint density at radius 1 is 1.28 bits per heavy atom. The van der Waals surface area contributed by atoms with Crippen LogP contribution < -0.4 is 5.32 Å². The molecule has 0 aliphatic heterocycles. The van der Waals surface area contributed by atoms with Gasteiger partial charge in [0.25, 0.3) is 0 Å². The zero-order chi connectivity index (χ0) is 14.0. The molecule has 0 fully saturated rings. The zero-order valence-corrected chi connectivity index (χ0v) is 12.9. The average Bonchev–Trinajstić information content (AvgIpc) is 2.73. The van der Waals surface area contributed by atoms with Crippen molar-refractivity contribution in [1.29, 1.82) is 0 Å². The SMILES string of the molecule is CC.C\C=C/C=C1/C=CC(C)(CCNC)/C1=C/C. The van der Waals surface area contributed by atoms with Crippen molar-refractivity contribution in [2.75, 3.05) is 13.6 Å². The highest BCUT2D eigenvalue weighted by molar-refractivity contribution is 5.53. The van der Waals surface area contributed by atoms with Crippen LogP contribution in [-0.4, -0.2) is 13.6 Å². The van der Waals surface area contributed by atoms with E-state index < -0.39 is 0 Å². The van der Waals surface area contributed by atoms with Crippen molar-refractivity contribution in [1.82, 2.24) is 5.32 Å². The third-order valence-corrected chi connectivity index (χ3v) is 3.21. The van der Waals surface area contributed by atoms with Crippen LogP contribution >= 0.6 is 0 Å². The first-order valence-corrected chi connectivity index (χ1v) is 7.02. The molecule has 1 unspecified atom stereocenters. The van der Waals surface area contributed by atoms with Gasteiger partial charge >= 0.3 is 0 Å². The van der Waals surface area contributed by atoms with Gasteiger partial charge in [-0.2, -0.15) is 0 Å². The molecule has 0 saturated heterocycles. The van der Waals surface area contributed by atoms with Crippen LogP contribution in [0, 0.1) is 5.41 Å². The standard InChI is InChI=1S/C15H23N.C2H6/c1-5-7-8-13-9-10-15(3,11-12-16-4)14(13)6-2;1-2/h5-10,16H,11-12H2,1-4H3;1-2H3/b7-5-,13-8-,14-6+;. The number of allylic oxidation sites excluding steroid dienone is 8. The van der Waals surface area contributed by atoms with Gasteiger partial charge in [-0.3, -0.25) is 0 Å². The zero-order valence-electron chi connectivity index (χ0n) is 12.9. The van der Waals surface area contributed by atoms with E-state index in [-0.39, 0.29) is 5.41 Å². The van der Waals surface area contributed by atoms with E-state index in [0.29, 0.717) is 0 Å². The first-order chi connectivity index (χ1) is 8.68. The molecule has 0 spiro atoms. The van der Waals surface area contributed by atoms with Gasteiger partial charge in [-0.15, -0.1) is 0 Å². The second-order valence-corrected chi connectivity index (χ2v) is 4.45. The minimum atomic E-state index is 0.200. The summed E-state index contributed by atoms with van der Waals surface area (Å²) in [6.07, 6.45) is 14.3. The molecular weight excluding hydrogens is 218 g/mol. The highest BCUT2D eigenvalue weighted by atomic mass is 14.8. The first kappa shape index (κ1) is 16.9. The number of rotatable bonds is 4. The van der Waals surface area contributed by atoms with Crippen molar-refractivity contribution < 1.29 is 0 Å². The molecule has 102 valence electrons. The van der Waals surface area contributed by atoms with Crippen LogP contribution in [-0.2, 0) is 0 Å².